The van der Waals surface area contributed by atoms with E-state index in [0.717, 1.165) is 25.1 Å². The van der Waals surface area contributed by atoms with Crippen molar-refractivity contribution in [1.82, 2.24) is 9.47 Å². The van der Waals surface area contributed by atoms with Crippen LogP contribution < -0.4 is 5.32 Å². The van der Waals surface area contributed by atoms with Gasteiger partial charge in [0.1, 0.15) is 0 Å². The number of carbonyl (C=O) groups excluding carboxylic acids is 1. The molecule has 3 rings (SSSR count). The van der Waals surface area contributed by atoms with Gasteiger partial charge in [0.25, 0.3) is 0 Å². The number of benzene rings is 2. The number of carbonyl (C=O) groups is 1. The van der Waals surface area contributed by atoms with Crippen LogP contribution in [0, 0.1) is 18.3 Å². The van der Waals surface area contributed by atoms with E-state index < -0.39 is 0 Å². The highest BCUT2D eigenvalue weighted by Crippen LogP contribution is 2.16. The summed E-state index contributed by atoms with van der Waals surface area (Å²) >= 11 is 0. The second-order valence-corrected chi connectivity index (χ2v) is 7.45. The maximum absolute atomic E-state index is 13.0. The van der Waals surface area contributed by atoms with Crippen LogP contribution >= 0.6 is 0 Å². The summed E-state index contributed by atoms with van der Waals surface area (Å²) < 4.78 is 2.20. The minimum absolute atomic E-state index is 0.128. The number of amides is 2. The Morgan fingerprint density at radius 3 is 2.57 bits per heavy atom. The fraction of sp³-hybridized carbons (Fsp3) is 0.280. The highest BCUT2D eigenvalue weighted by molar-refractivity contribution is 5.89. The van der Waals surface area contributed by atoms with Crippen molar-refractivity contribution in [1.29, 1.82) is 5.26 Å². The summed E-state index contributed by atoms with van der Waals surface area (Å²) in [4.78, 5) is 14.8. The van der Waals surface area contributed by atoms with Gasteiger partial charge in [0.05, 0.1) is 18.2 Å². The largest absolute Gasteiger partial charge is 0.345 e. The third-order valence-corrected chi connectivity index (χ3v) is 5.21. The molecule has 0 unspecified atom stereocenters. The molecule has 0 radical (unpaired) electrons. The third-order valence-electron chi connectivity index (χ3n) is 5.21. The van der Waals surface area contributed by atoms with E-state index in [1.807, 2.05) is 11.0 Å². The van der Waals surface area contributed by atoms with Gasteiger partial charge in [0, 0.05) is 30.7 Å². The maximum atomic E-state index is 13.0. The van der Waals surface area contributed by atoms with Crippen molar-refractivity contribution in [3.8, 4) is 6.07 Å². The van der Waals surface area contributed by atoms with Crippen molar-refractivity contribution in [3.05, 3.63) is 89.2 Å². The second-order valence-electron chi connectivity index (χ2n) is 7.45. The standard InChI is InChI=1S/C25H28N4O/c1-3-4-15-29(25(30)27-23-13-11-21(17-26)12-14-23)19-24-10-7-16-28(24)18-22-9-6-5-8-20(22)2/h5-14,16H,3-4,15,18-19H2,1-2H3,(H,27,30). The molecule has 0 saturated heterocycles. The van der Waals surface area contributed by atoms with E-state index in [0.29, 0.717) is 24.3 Å². The zero-order chi connectivity index (χ0) is 21.3. The summed E-state index contributed by atoms with van der Waals surface area (Å²) in [6.45, 7) is 6.26. The molecule has 5 nitrogen and oxygen atoms in total. The summed E-state index contributed by atoms with van der Waals surface area (Å²) in [7, 11) is 0. The molecular weight excluding hydrogens is 372 g/mol. The average molecular weight is 401 g/mol. The number of aromatic nitrogens is 1. The summed E-state index contributed by atoms with van der Waals surface area (Å²) in [5.41, 5.74) is 4.90. The van der Waals surface area contributed by atoms with Gasteiger partial charge in [-0.15, -0.1) is 0 Å². The van der Waals surface area contributed by atoms with Crippen molar-refractivity contribution in [2.24, 2.45) is 0 Å². The Kier molecular flexibility index (Phi) is 7.29. The first kappa shape index (κ1) is 21.2. The SMILES string of the molecule is CCCCN(Cc1cccn1Cc1ccccc1C)C(=O)Nc1ccc(C#N)cc1. The van der Waals surface area contributed by atoms with Crippen LogP contribution in [0.1, 0.15) is 42.1 Å². The van der Waals surface area contributed by atoms with Gasteiger partial charge in [-0.25, -0.2) is 4.79 Å². The molecule has 2 amide bonds. The molecule has 0 spiro atoms. The van der Waals surface area contributed by atoms with Crippen molar-refractivity contribution >= 4 is 11.7 Å². The summed E-state index contributed by atoms with van der Waals surface area (Å²) in [5.74, 6) is 0. The number of rotatable bonds is 8. The van der Waals surface area contributed by atoms with E-state index in [1.165, 1.54) is 11.1 Å². The molecule has 154 valence electrons. The molecule has 1 heterocycles. The molecule has 1 aromatic heterocycles. The summed E-state index contributed by atoms with van der Waals surface area (Å²) in [6.07, 6.45) is 4.03. The lowest BCUT2D eigenvalue weighted by atomic mass is 10.1. The van der Waals surface area contributed by atoms with Gasteiger partial charge in [-0.3, -0.25) is 0 Å². The maximum Gasteiger partial charge on any atom is 0.322 e. The number of unbranched alkanes of at least 4 members (excludes halogenated alkanes) is 1. The quantitative estimate of drug-likeness (QED) is 0.539. The van der Waals surface area contributed by atoms with Crippen LogP contribution in [0.3, 0.4) is 0 Å². The van der Waals surface area contributed by atoms with Crippen LogP contribution in [-0.4, -0.2) is 22.0 Å². The predicted octanol–water partition coefficient (Wildman–Crippen LogP) is 5.55. The Morgan fingerprint density at radius 2 is 1.87 bits per heavy atom. The van der Waals surface area contributed by atoms with Gasteiger partial charge >= 0.3 is 6.03 Å². The summed E-state index contributed by atoms with van der Waals surface area (Å²) in [5, 5.41) is 11.9. The first-order chi connectivity index (χ1) is 14.6. The van der Waals surface area contributed by atoms with Gasteiger partial charge in [-0.05, 0) is 60.9 Å². The van der Waals surface area contributed by atoms with Gasteiger partial charge in [0.15, 0.2) is 0 Å². The minimum Gasteiger partial charge on any atom is -0.345 e. The van der Waals surface area contributed by atoms with E-state index >= 15 is 0 Å². The van der Waals surface area contributed by atoms with Crippen LogP contribution in [0.25, 0.3) is 0 Å². The lowest BCUT2D eigenvalue weighted by Crippen LogP contribution is -2.36. The van der Waals surface area contributed by atoms with Gasteiger partial charge < -0.3 is 14.8 Å². The third kappa shape index (κ3) is 5.51. The molecule has 2 aromatic carbocycles. The molecule has 0 aliphatic rings. The van der Waals surface area contributed by atoms with Gasteiger partial charge in [0.2, 0.25) is 0 Å². The Hall–Kier alpha value is -3.52. The molecule has 0 aliphatic heterocycles. The average Bonchev–Trinajstić information content (AvgIpc) is 3.19. The fourth-order valence-electron chi connectivity index (χ4n) is 3.35. The predicted molar refractivity (Wildman–Crippen MR) is 120 cm³/mol. The molecule has 5 heteroatoms. The van der Waals surface area contributed by atoms with E-state index in [4.69, 9.17) is 5.26 Å². The number of nitriles is 1. The molecule has 30 heavy (non-hydrogen) atoms. The molecule has 0 saturated carbocycles. The zero-order valence-corrected chi connectivity index (χ0v) is 17.6. The minimum atomic E-state index is -0.128. The zero-order valence-electron chi connectivity index (χ0n) is 17.6. The smallest absolute Gasteiger partial charge is 0.322 e. The van der Waals surface area contributed by atoms with Crippen molar-refractivity contribution in [2.45, 2.75) is 39.8 Å². The van der Waals surface area contributed by atoms with Crippen LogP contribution in [-0.2, 0) is 13.1 Å². The highest BCUT2D eigenvalue weighted by atomic mass is 16.2. The topological polar surface area (TPSA) is 61.1 Å². The molecule has 0 atom stereocenters. The molecule has 0 bridgehead atoms. The van der Waals surface area contributed by atoms with Gasteiger partial charge in [-0.1, -0.05) is 37.6 Å². The number of urea groups is 1. The number of hydrogen-bond donors (Lipinski definition) is 1. The molecular formula is C25H28N4O. The Balaban J connectivity index is 1.73. The van der Waals surface area contributed by atoms with Crippen molar-refractivity contribution in [2.75, 3.05) is 11.9 Å². The Bertz CT molecular complexity index is 1010. The van der Waals surface area contributed by atoms with Crippen molar-refractivity contribution in [3.63, 3.8) is 0 Å². The van der Waals surface area contributed by atoms with Gasteiger partial charge in [-0.2, -0.15) is 5.26 Å². The molecule has 1 N–H and O–H groups in total. The summed E-state index contributed by atoms with van der Waals surface area (Å²) in [6, 6.07) is 21.4. The fourth-order valence-corrected chi connectivity index (χ4v) is 3.35. The van der Waals surface area contributed by atoms with E-state index in [1.54, 1.807) is 24.3 Å². The highest BCUT2D eigenvalue weighted by Gasteiger charge is 2.16. The first-order valence-corrected chi connectivity index (χ1v) is 10.4. The number of hydrogen-bond acceptors (Lipinski definition) is 2. The molecule has 0 aliphatic carbocycles. The number of anilines is 1. The lowest BCUT2D eigenvalue weighted by molar-refractivity contribution is 0.207. The number of nitrogens with zero attached hydrogens (tertiary/aromatic N) is 3. The normalized spacial score (nSPS) is 10.4. The number of aryl methyl sites for hydroxylation is 1. The van der Waals surface area contributed by atoms with E-state index in [9.17, 15) is 4.79 Å². The number of nitrogens with one attached hydrogen (secondary N) is 1. The van der Waals surface area contributed by atoms with Crippen molar-refractivity contribution < 1.29 is 4.79 Å². The lowest BCUT2D eigenvalue weighted by Gasteiger charge is -2.24. The molecule has 3 aromatic rings. The van der Waals surface area contributed by atoms with Crippen LogP contribution in [0.2, 0.25) is 0 Å². The van der Waals surface area contributed by atoms with Crippen LogP contribution in [0.15, 0.2) is 66.9 Å². The Labute approximate surface area is 178 Å². The van der Waals surface area contributed by atoms with Crippen LogP contribution in [0.4, 0.5) is 10.5 Å². The van der Waals surface area contributed by atoms with E-state index in [2.05, 4.69) is 66.3 Å². The van der Waals surface area contributed by atoms with Crippen LogP contribution in [0.5, 0.6) is 0 Å². The monoisotopic (exact) mass is 400 g/mol. The first-order valence-electron chi connectivity index (χ1n) is 10.4. The Morgan fingerprint density at radius 1 is 1.10 bits per heavy atom. The van der Waals surface area contributed by atoms with E-state index in [-0.39, 0.29) is 6.03 Å². The second kappa shape index (κ2) is 10.3. The molecule has 0 fully saturated rings.